The Morgan fingerprint density at radius 1 is 1.13 bits per heavy atom. The first-order chi connectivity index (χ1) is 7.00. The fourth-order valence-corrected chi connectivity index (χ4v) is 1.83. The zero-order chi connectivity index (χ0) is 11.5. The normalized spacial score (nSPS) is 17.4. The van der Waals surface area contributed by atoms with E-state index in [9.17, 15) is 9.59 Å². The average molecular weight is 213 g/mol. The lowest BCUT2D eigenvalue weighted by Gasteiger charge is -2.32. The van der Waals surface area contributed by atoms with Crippen molar-refractivity contribution in [3.05, 3.63) is 0 Å². The van der Waals surface area contributed by atoms with E-state index in [1.165, 1.54) is 13.5 Å². The van der Waals surface area contributed by atoms with Crippen molar-refractivity contribution in [3.63, 3.8) is 0 Å². The number of hydrogen-bond acceptors (Lipinski definition) is 3. The van der Waals surface area contributed by atoms with E-state index in [0.29, 0.717) is 0 Å². The predicted molar refractivity (Wildman–Crippen MR) is 56.2 cm³/mol. The summed E-state index contributed by atoms with van der Waals surface area (Å²) < 4.78 is 4.64. The van der Waals surface area contributed by atoms with E-state index in [1.807, 2.05) is 0 Å². The summed E-state index contributed by atoms with van der Waals surface area (Å²) in [4.78, 5) is 25.3. The largest absolute Gasteiger partial charge is 0.468 e. The Hall–Kier alpha value is -1.06. The molecule has 0 aromatic rings. The minimum absolute atomic E-state index is 0.117. The lowest BCUT2D eigenvalue weighted by Crippen LogP contribution is -2.47. The van der Waals surface area contributed by atoms with Crippen LogP contribution >= 0.6 is 0 Å². The number of amides is 1. The SMILES string of the molecule is COC(=O)C(C)(C)C(=O)N1CCCCC1. The summed E-state index contributed by atoms with van der Waals surface area (Å²) in [6.45, 7) is 4.77. The maximum atomic E-state index is 12.0. The van der Waals surface area contributed by atoms with Gasteiger partial charge in [0, 0.05) is 13.1 Å². The number of esters is 1. The predicted octanol–water partition coefficient (Wildman–Crippen LogP) is 1.20. The van der Waals surface area contributed by atoms with Gasteiger partial charge in [0.05, 0.1) is 7.11 Å². The molecule has 4 nitrogen and oxygen atoms in total. The molecule has 86 valence electrons. The third-order valence-corrected chi connectivity index (χ3v) is 2.87. The number of hydrogen-bond donors (Lipinski definition) is 0. The Morgan fingerprint density at radius 3 is 2.13 bits per heavy atom. The van der Waals surface area contributed by atoms with Gasteiger partial charge in [0.25, 0.3) is 0 Å². The van der Waals surface area contributed by atoms with E-state index in [2.05, 4.69) is 4.74 Å². The Kier molecular flexibility index (Phi) is 3.72. The molecule has 1 heterocycles. The van der Waals surface area contributed by atoms with Gasteiger partial charge in [-0.2, -0.15) is 0 Å². The Balaban J connectivity index is 2.69. The Labute approximate surface area is 90.6 Å². The number of carbonyl (C=O) groups excluding carboxylic acids is 2. The van der Waals surface area contributed by atoms with E-state index >= 15 is 0 Å². The molecule has 1 rings (SSSR count). The molecular formula is C11H19NO3. The topological polar surface area (TPSA) is 46.6 Å². The molecule has 1 saturated heterocycles. The second-order valence-electron chi connectivity index (χ2n) is 4.47. The van der Waals surface area contributed by atoms with Gasteiger partial charge in [-0.05, 0) is 33.1 Å². The molecule has 0 spiro atoms. The number of ether oxygens (including phenoxy) is 1. The highest BCUT2D eigenvalue weighted by Gasteiger charge is 2.40. The smallest absolute Gasteiger partial charge is 0.320 e. The van der Waals surface area contributed by atoms with Gasteiger partial charge < -0.3 is 9.64 Å². The fraction of sp³-hybridized carbons (Fsp3) is 0.818. The van der Waals surface area contributed by atoms with Crippen molar-refractivity contribution in [2.24, 2.45) is 5.41 Å². The van der Waals surface area contributed by atoms with Gasteiger partial charge in [-0.15, -0.1) is 0 Å². The maximum Gasteiger partial charge on any atom is 0.320 e. The lowest BCUT2D eigenvalue weighted by atomic mass is 9.91. The van der Waals surface area contributed by atoms with Crippen molar-refractivity contribution in [1.29, 1.82) is 0 Å². The van der Waals surface area contributed by atoms with Crippen LogP contribution in [-0.4, -0.2) is 37.0 Å². The van der Waals surface area contributed by atoms with E-state index < -0.39 is 11.4 Å². The van der Waals surface area contributed by atoms with Gasteiger partial charge in [-0.1, -0.05) is 0 Å². The van der Waals surface area contributed by atoms with Crippen molar-refractivity contribution in [3.8, 4) is 0 Å². The third kappa shape index (κ3) is 2.49. The quantitative estimate of drug-likeness (QED) is 0.511. The molecule has 0 radical (unpaired) electrons. The van der Waals surface area contributed by atoms with E-state index in [1.54, 1.807) is 18.7 Å². The van der Waals surface area contributed by atoms with E-state index in [0.717, 1.165) is 25.9 Å². The van der Waals surface area contributed by atoms with Crippen LogP contribution in [0.15, 0.2) is 0 Å². The summed E-state index contributed by atoms with van der Waals surface area (Å²) in [6.07, 6.45) is 3.23. The number of carbonyl (C=O) groups is 2. The Morgan fingerprint density at radius 2 is 1.67 bits per heavy atom. The molecule has 0 unspecified atom stereocenters. The van der Waals surface area contributed by atoms with Crippen molar-refractivity contribution in [1.82, 2.24) is 4.90 Å². The zero-order valence-corrected chi connectivity index (χ0v) is 9.71. The van der Waals surface area contributed by atoms with Crippen LogP contribution in [0, 0.1) is 5.41 Å². The van der Waals surface area contributed by atoms with Gasteiger partial charge in [0.1, 0.15) is 5.41 Å². The van der Waals surface area contributed by atoms with Crippen LogP contribution < -0.4 is 0 Å². The standard InChI is InChI=1S/C11H19NO3/c1-11(2,10(14)15-3)9(13)12-7-5-4-6-8-12/h4-8H2,1-3H3. The molecule has 0 saturated carbocycles. The molecule has 0 N–H and O–H groups in total. The van der Waals surface area contributed by atoms with Crippen molar-refractivity contribution >= 4 is 11.9 Å². The number of rotatable bonds is 2. The highest BCUT2D eigenvalue weighted by atomic mass is 16.5. The van der Waals surface area contributed by atoms with Gasteiger partial charge in [-0.25, -0.2) is 0 Å². The molecule has 15 heavy (non-hydrogen) atoms. The number of nitrogens with zero attached hydrogens (tertiary/aromatic N) is 1. The van der Waals surface area contributed by atoms with Crippen LogP contribution in [0.25, 0.3) is 0 Å². The second-order valence-corrected chi connectivity index (χ2v) is 4.47. The van der Waals surface area contributed by atoms with Gasteiger partial charge >= 0.3 is 5.97 Å². The van der Waals surface area contributed by atoms with Crippen LogP contribution in [-0.2, 0) is 14.3 Å². The summed E-state index contributed by atoms with van der Waals surface area (Å²) in [5.41, 5.74) is -1.05. The fourth-order valence-electron chi connectivity index (χ4n) is 1.83. The zero-order valence-electron chi connectivity index (χ0n) is 9.71. The highest BCUT2D eigenvalue weighted by molar-refractivity contribution is 6.01. The monoisotopic (exact) mass is 213 g/mol. The molecule has 0 aromatic carbocycles. The second kappa shape index (κ2) is 4.64. The molecule has 4 heteroatoms. The first kappa shape index (κ1) is 12.0. The van der Waals surface area contributed by atoms with Crippen molar-refractivity contribution < 1.29 is 14.3 Å². The summed E-state index contributed by atoms with van der Waals surface area (Å²) in [7, 11) is 1.31. The van der Waals surface area contributed by atoms with Crippen LogP contribution in [0.1, 0.15) is 33.1 Å². The summed E-state index contributed by atoms with van der Waals surface area (Å²) >= 11 is 0. The number of methoxy groups -OCH3 is 1. The van der Waals surface area contributed by atoms with Gasteiger partial charge in [-0.3, -0.25) is 9.59 Å². The molecule has 1 fully saturated rings. The average Bonchev–Trinajstić information content (AvgIpc) is 2.28. The van der Waals surface area contributed by atoms with Gasteiger partial charge in [0.15, 0.2) is 0 Å². The van der Waals surface area contributed by atoms with Gasteiger partial charge in [0.2, 0.25) is 5.91 Å². The number of likely N-dealkylation sites (tertiary alicyclic amines) is 1. The minimum atomic E-state index is -1.05. The molecule has 0 aromatic heterocycles. The lowest BCUT2D eigenvalue weighted by molar-refractivity contribution is -0.161. The van der Waals surface area contributed by atoms with Crippen molar-refractivity contribution in [2.75, 3.05) is 20.2 Å². The molecule has 1 aliphatic heterocycles. The van der Waals surface area contributed by atoms with Crippen LogP contribution in [0.3, 0.4) is 0 Å². The van der Waals surface area contributed by atoms with Crippen LogP contribution in [0.4, 0.5) is 0 Å². The number of piperidine rings is 1. The summed E-state index contributed by atoms with van der Waals surface area (Å²) in [6, 6.07) is 0. The summed E-state index contributed by atoms with van der Waals surface area (Å²) in [5.74, 6) is -0.577. The molecule has 1 aliphatic rings. The van der Waals surface area contributed by atoms with E-state index in [4.69, 9.17) is 0 Å². The van der Waals surface area contributed by atoms with Crippen LogP contribution in [0.5, 0.6) is 0 Å². The highest BCUT2D eigenvalue weighted by Crippen LogP contribution is 2.23. The maximum absolute atomic E-state index is 12.0. The minimum Gasteiger partial charge on any atom is -0.468 e. The first-order valence-corrected chi connectivity index (χ1v) is 5.38. The first-order valence-electron chi connectivity index (χ1n) is 5.38. The molecule has 1 amide bonds. The summed E-state index contributed by atoms with van der Waals surface area (Å²) in [5, 5.41) is 0. The third-order valence-electron chi connectivity index (χ3n) is 2.87. The van der Waals surface area contributed by atoms with E-state index in [-0.39, 0.29) is 5.91 Å². The molecule has 0 aliphatic carbocycles. The molecule has 0 atom stereocenters. The van der Waals surface area contributed by atoms with Crippen molar-refractivity contribution in [2.45, 2.75) is 33.1 Å². The molecular weight excluding hydrogens is 194 g/mol. The molecule has 0 bridgehead atoms. The Bertz CT molecular complexity index is 255. The van der Waals surface area contributed by atoms with Crippen LogP contribution in [0.2, 0.25) is 0 Å².